The van der Waals surface area contributed by atoms with Crippen molar-refractivity contribution in [3.05, 3.63) is 29.8 Å². The van der Waals surface area contributed by atoms with Gasteiger partial charge in [0.05, 0.1) is 0 Å². The van der Waals surface area contributed by atoms with Gasteiger partial charge in [-0.15, -0.1) is 0 Å². The number of nitrogens with one attached hydrogen (secondary N) is 2. The quantitative estimate of drug-likeness (QED) is 0.515. The monoisotopic (exact) mass is 264 g/mol. The number of hydrazine groups is 1. The molecule has 1 aromatic carbocycles. The first-order valence-electron chi connectivity index (χ1n) is 6.63. The second kappa shape index (κ2) is 7.76. The van der Waals surface area contributed by atoms with E-state index in [1.54, 1.807) is 24.3 Å². The molecule has 1 unspecified atom stereocenters. The first kappa shape index (κ1) is 15.5. The van der Waals surface area contributed by atoms with Crippen LogP contribution < -0.4 is 16.6 Å². The lowest BCUT2D eigenvalue weighted by atomic mass is 10.2. The third-order valence-electron chi connectivity index (χ3n) is 3.41. The molecule has 0 saturated carbocycles. The second-order valence-corrected chi connectivity index (χ2v) is 4.72. The van der Waals surface area contributed by atoms with E-state index >= 15 is 0 Å². The van der Waals surface area contributed by atoms with Crippen molar-refractivity contribution < 1.29 is 4.79 Å². The lowest BCUT2D eigenvalue weighted by molar-refractivity contribution is 0.0947. The fourth-order valence-electron chi connectivity index (χ4n) is 1.70. The zero-order valence-corrected chi connectivity index (χ0v) is 11.9. The predicted molar refractivity (Wildman–Crippen MR) is 79.0 cm³/mol. The normalized spacial score (nSPS) is 12.3. The van der Waals surface area contributed by atoms with Gasteiger partial charge in [-0.3, -0.25) is 10.6 Å². The van der Waals surface area contributed by atoms with Crippen LogP contribution in [0, 0.1) is 0 Å². The summed E-state index contributed by atoms with van der Waals surface area (Å²) in [5, 5.41) is 2.91. The van der Waals surface area contributed by atoms with Crippen molar-refractivity contribution in [3.8, 4) is 0 Å². The van der Waals surface area contributed by atoms with E-state index in [1.165, 1.54) is 0 Å². The fourth-order valence-corrected chi connectivity index (χ4v) is 1.70. The Balaban J connectivity index is 2.38. The van der Waals surface area contributed by atoms with Gasteiger partial charge in [0, 0.05) is 30.4 Å². The van der Waals surface area contributed by atoms with Gasteiger partial charge < -0.3 is 15.6 Å². The van der Waals surface area contributed by atoms with Crippen LogP contribution in [0.2, 0.25) is 0 Å². The molecule has 0 aliphatic heterocycles. The Morgan fingerprint density at radius 2 is 2.00 bits per heavy atom. The number of nitrogens with zero attached hydrogens (tertiary/aromatic N) is 1. The van der Waals surface area contributed by atoms with Gasteiger partial charge >= 0.3 is 0 Å². The fraction of sp³-hybridized carbons (Fsp3) is 0.500. The molecule has 1 amide bonds. The molecule has 0 aliphatic rings. The third kappa shape index (κ3) is 4.89. The zero-order valence-electron chi connectivity index (χ0n) is 11.9. The molecule has 0 bridgehead atoms. The van der Waals surface area contributed by atoms with Crippen molar-refractivity contribution in [3.63, 3.8) is 0 Å². The highest BCUT2D eigenvalue weighted by atomic mass is 16.1. The number of nitrogen functional groups attached to an aromatic ring is 1. The number of hydrogen-bond donors (Lipinski definition) is 3. The summed E-state index contributed by atoms with van der Waals surface area (Å²) in [4.78, 5) is 14.1. The summed E-state index contributed by atoms with van der Waals surface area (Å²) in [6.07, 6.45) is 1.11. The van der Waals surface area contributed by atoms with Crippen LogP contribution in [-0.2, 0) is 0 Å². The van der Waals surface area contributed by atoms with Crippen molar-refractivity contribution in [2.45, 2.75) is 26.3 Å². The van der Waals surface area contributed by atoms with Crippen LogP contribution >= 0.6 is 0 Å². The van der Waals surface area contributed by atoms with Crippen molar-refractivity contribution in [1.82, 2.24) is 10.2 Å². The van der Waals surface area contributed by atoms with Crippen molar-refractivity contribution in [2.75, 3.05) is 25.6 Å². The van der Waals surface area contributed by atoms with E-state index in [0.29, 0.717) is 18.2 Å². The number of benzene rings is 1. The highest BCUT2D eigenvalue weighted by molar-refractivity contribution is 5.94. The number of carbonyl (C=O) groups excluding carboxylic acids is 1. The number of nitrogens with two attached hydrogens (primary N) is 1. The lowest BCUT2D eigenvalue weighted by Gasteiger charge is -2.23. The van der Waals surface area contributed by atoms with Gasteiger partial charge in [-0.25, -0.2) is 0 Å². The van der Waals surface area contributed by atoms with Crippen LogP contribution in [-0.4, -0.2) is 37.0 Å². The maximum absolute atomic E-state index is 11.9. The van der Waals surface area contributed by atoms with Gasteiger partial charge in [-0.1, -0.05) is 6.92 Å². The Kier molecular flexibility index (Phi) is 6.32. The van der Waals surface area contributed by atoms with E-state index in [4.69, 9.17) is 5.84 Å². The first-order chi connectivity index (χ1) is 9.08. The highest BCUT2D eigenvalue weighted by Crippen LogP contribution is 2.07. The number of amides is 1. The van der Waals surface area contributed by atoms with E-state index in [0.717, 1.165) is 18.7 Å². The Bertz CT molecular complexity index is 391. The maximum atomic E-state index is 11.9. The number of hydrogen-bond acceptors (Lipinski definition) is 4. The number of carbonyl (C=O) groups is 1. The molecule has 0 aliphatic carbocycles. The molecule has 0 fully saturated rings. The summed E-state index contributed by atoms with van der Waals surface area (Å²) in [6.45, 7) is 5.84. The Hall–Kier alpha value is -1.59. The van der Waals surface area contributed by atoms with Crippen molar-refractivity contribution in [2.24, 2.45) is 5.84 Å². The molecule has 0 saturated heterocycles. The minimum atomic E-state index is -0.0545. The molecule has 1 atom stereocenters. The number of likely N-dealkylation sites (N-methyl/N-ethyl adjacent to an activating group) is 1. The minimum Gasteiger partial charge on any atom is -0.351 e. The van der Waals surface area contributed by atoms with Gasteiger partial charge in [0.15, 0.2) is 0 Å². The standard InChI is InChI=1S/C14H24N4O/c1-4-11(2)18(3)10-9-16-14(19)12-5-7-13(17-15)8-6-12/h5-8,11,17H,4,9-10,15H2,1-3H3,(H,16,19). The van der Waals surface area contributed by atoms with Gasteiger partial charge in [-0.2, -0.15) is 0 Å². The molecule has 0 aromatic heterocycles. The molecule has 4 N–H and O–H groups in total. The van der Waals surface area contributed by atoms with Crippen LogP contribution in [0.5, 0.6) is 0 Å². The van der Waals surface area contributed by atoms with Crippen molar-refractivity contribution in [1.29, 1.82) is 0 Å². The summed E-state index contributed by atoms with van der Waals surface area (Å²) >= 11 is 0. The maximum Gasteiger partial charge on any atom is 0.251 e. The lowest BCUT2D eigenvalue weighted by Crippen LogP contribution is -2.37. The third-order valence-corrected chi connectivity index (χ3v) is 3.41. The highest BCUT2D eigenvalue weighted by Gasteiger charge is 2.08. The zero-order chi connectivity index (χ0) is 14.3. The summed E-state index contributed by atoms with van der Waals surface area (Å²) in [5.41, 5.74) is 3.96. The molecule has 1 rings (SSSR count). The molecule has 5 nitrogen and oxygen atoms in total. The minimum absolute atomic E-state index is 0.0545. The first-order valence-corrected chi connectivity index (χ1v) is 6.63. The van der Waals surface area contributed by atoms with E-state index in [9.17, 15) is 4.79 Å². The summed E-state index contributed by atoms with van der Waals surface area (Å²) in [5.74, 6) is 5.22. The Labute approximate surface area is 115 Å². The summed E-state index contributed by atoms with van der Waals surface area (Å²) in [6, 6.07) is 7.60. The average molecular weight is 264 g/mol. The molecule has 0 heterocycles. The molecular weight excluding hydrogens is 240 g/mol. The van der Waals surface area contributed by atoms with Gasteiger partial charge in [0.2, 0.25) is 0 Å². The smallest absolute Gasteiger partial charge is 0.251 e. The van der Waals surface area contributed by atoms with E-state index in [2.05, 4.69) is 36.5 Å². The largest absolute Gasteiger partial charge is 0.351 e. The van der Waals surface area contributed by atoms with Crippen LogP contribution in [0.25, 0.3) is 0 Å². The van der Waals surface area contributed by atoms with Gasteiger partial charge in [-0.05, 0) is 44.7 Å². The van der Waals surface area contributed by atoms with E-state index in [1.807, 2.05) is 0 Å². The van der Waals surface area contributed by atoms with Crippen LogP contribution in [0.15, 0.2) is 24.3 Å². The predicted octanol–water partition coefficient (Wildman–Crippen LogP) is 1.43. The topological polar surface area (TPSA) is 70.4 Å². The SMILES string of the molecule is CCC(C)N(C)CCNC(=O)c1ccc(NN)cc1. The molecule has 1 aromatic rings. The van der Waals surface area contributed by atoms with Crippen molar-refractivity contribution >= 4 is 11.6 Å². The molecule has 0 radical (unpaired) electrons. The van der Waals surface area contributed by atoms with E-state index in [-0.39, 0.29) is 5.91 Å². The van der Waals surface area contributed by atoms with Crippen LogP contribution in [0.1, 0.15) is 30.6 Å². The molecular formula is C14H24N4O. The molecule has 0 spiro atoms. The van der Waals surface area contributed by atoms with E-state index < -0.39 is 0 Å². The molecule has 5 heteroatoms. The van der Waals surface area contributed by atoms with Gasteiger partial charge in [0.25, 0.3) is 5.91 Å². The number of rotatable bonds is 7. The van der Waals surface area contributed by atoms with Gasteiger partial charge in [0.1, 0.15) is 0 Å². The average Bonchev–Trinajstić information content (AvgIpc) is 2.46. The summed E-state index contributed by atoms with van der Waals surface area (Å²) < 4.78 is 0. The molecule has 106 valence electrons. The van der Waals surface area contributed by atoms with Crippen LogP contribution in [0.4, 0.5) is 5.69 Å². The second-order valence-electron chi connectivity index (χ2n) is 4.72. The number of anilines is 1. The Morgan fingerprint density at radius 3 is 2.53 bits per heavy atom. The van der Waals surface area contributed by atoms with Crippen LogP contribution in [0.3, 0.4) is 0 Å². The molecule has 19 heavy (non-hydrogen) atoms. The summed E-state index contributed by atoms with van der Waals surface area (Å²) in [7, 11) is 2.07. The Morgan fingerprint density at radius 1 is 1.37 bits per heavy atom.